The van der Waals surface area contributed by atoms with Crippen LogP contribution in [-0.4, -0.2) is 78.9 Å². The molecule has 7 heteroatoms. The first-order chi connectivity index (χ1) is 12.7. The van der Waals surface area contributed by atoms with E-state index in [0.29, 0.717) is 19.7 Å². The van der Waals surface area contributed by atoms with E-state index in [1.54, 1.807) is 0 Å². The van der Waals surface area contributed by atoms with Crippen LogP contribution in [0.25, 0.3) is 0 Å². The van der Waals surface area contributed by atoms with Crippen molar-refractivity contribution in [3.8, 4) is 5.75 Å². The summed E-state index contributed by atoms with van der Waals surface area (Å²) in [7, 11) is 1.00. The number of rotatable bonds is 14. The lowest BCUT2D eigenvalue weighted by Crippen LogP contribution is -2.40. The highest BCUT2D eigenvalue weighted by Gasteiger charge is 2.27. The fourth-order valence-electron chi connectivity index (χ4n) is 2.79. The van der Waals surface area contributed by atoms with Crippen molar-refractivity contribution in [2.24, 2.45) is 0 Å². The maximum absolute atomic E-state index is 10.4. The van der Waals surface area contributed by atoms with Crippen LogP contribution < -0.4 is 15.0 Å². The molecule has 3 atom stereocenters. The number of aliphatic hydroxyl groups excluding tert-OH is 1. The van der Waals surface area contributed by atoms with Gasteiger partial charge in [0.25, 0.3) is 0 Å². The largest absolute Gasteiger partial charge is 0.491 e. The standard InChI is InChI=1S/C19H30N2O4Si/c1-26-8-2-7-20-9-16(22)10-21(11-18-12-24-18)15-3-5-17(6-4-15)23-13-19-14-25-19/h3-6,16,18-20,22H,2,7-14H2,1H3. The van der Waals surface area contributed by atoms with E-state index in [0.717, 1.165) is 47.3 Å². The van der Waals surface area contributed by atoms with Crippen LogP contribution in [0.5, 0.6) is 5.75 Å². The molecular formula is C19H30N2O4Si. The van der Waals surface area contributed by atoms with Crippen LogP contribution in [0.2, 0.25) is 12.6 Å². The lowest BCUT2D eigenvalue weighted by molar-refractivity contribution is 0.176. The van der Waals surface area contributed by atoms with Gasteiger partial charge in [0.15, 0.2) is 0 Å². The highest BCUT2D eigenvalue weighted by molar-refractivity contribution is 6.33. The first-order valence-corrected chi connectivity index (χ1v) is 11.2. The maximum atomic E-state index is 10.4. The molecule has 2 saturated heterocycles. The molecule has 0 spiro atoms. The minimum absolute atomic E-state index is 0.263. The summed E-state index contributed by atoms with van der Waals surface area (Å²) in [5.74, 6) is 0.853. The first kappa shape index (κ1) is 19.6. The fourth-order valence-corrected chi connectivity index (χ4v) is 3.32. The summed E-state index contributed by atoms with van der Waals surface area (Å²) >= 11 is 0. The quantitative estimate of drug-likeness (QED) is 0.288. The molecule has 2 aliphatic rings. The smallest absolute Gasteiger partial charge is 0.119 e. The summed E-state index contributed by atoms with van der Waals surface area (Å²) in [5.41, 5.74) is 1.08. The second-order valence-corrected chi connectivity index (χ2v) is 8.14. The summed E-state index contributed by atoms with van der Waals surface area (Å²) in [6, 6.07) is 9.32. The second-order valence-electron chi connectivity index (χ2n) is 6.94. The van der Waals surface area contributed by atoms with Crippen LogP contribution in [0, 0.1) is 0 Å². The Kier molecular flexibility index (Phi) is 7.76. The van der Waals surface area contributed by atoms with Crippen LogP contribution in [0.15, 0.2) is 24.3 Å². The number of hydrogen-bond acceptors (Lipinski definition) is 6. The average molecular weight is 379 g/mol. The zero-order chi connectivity index (χ0) is 18.2. The number of nitrogens with zero attached hydrogens (tertiary/aromatic N) is 1. The first-order valence-electron chi connectivity index (χ1n) is 9.49. The molecular weight excluding hydrogens is 348 g/mol. The average Bonchev–Trinajstić information content (AvgIpc) is 3.55. The molecule has 3 rings (SSSR count). The van der Waals surface area contributed by atoms with E-state index >= 15 is 0 Å². The molecule has 0 saturated carbocycles. The molecule has 0 aromatic heterocycles. The Morgan fingerprint density at radius 2 is 2.00 bits per heavy atom. The number of anilines is 1. The number of ether oxygens (including phenoxy) is 3. The van der Waals surface area contributed by atoms with E-state index < -0.39 is 6.10 Å². The van der Waals surface area contributed by atoms with Gasteiger partial charge in [-0.2, -0.15) is 0 Å². The Balaban J connectivity index is 1.46. The summed E-state index contributed by atoms with van der Waals surface area (Å²) in [6.45, 7) is 7.45. The van der Waals surface area contributed by atoms with Gasteiger partial charge in [0.05, 0.1) is 25.4 Å². The van der Waals surface area contributed by atoms with Gasteiger partial charge in [-0.3, -0.25) is 0 Å². The molecule has 3 unspecified atom stereocenters. The van der Waals surface area contributed by atoms with Gasteiger partial charge < -0.3 is 29.5 Å². The second kappa shape index (κ2) is 10.3. The zero-order valence-corrected chi connectivity index (χ0v) is 16.5. The molecule has 1 aromatic rings. The molecule has 26 heavy (non-hydrogen) atoms. The van der Waals surface area contributed by atoms with Crippen molar-refractivity contribution < 1.29 is 19.3 Å². The van der Waals surface area contributed by atoms with E-state index in [2.05, 4.69) is 16.8 Å². The lowest BCUT2D eigenvalue weighted by Gasteiger charge is -2.27. The van der Waals surface area contributed by atoms with Crippen molar-refractivity contribution in [3.05, 3.63) is 24.3 Å². The highest BCUT2D eigenvalue weighted by atomic mass is 28.2. The number of benzene rings is 1. The van der Waals surface area contributed by atoms with Gasteiger partial charge in [0, 0.05) is 34.8 Å². The van der Waals surface area contributed by atoms with Gasteiger partial charge in [0.2, 0.25) is 0 Å². The Morgan fingerprint density at radius 1 is 1.27 bits per heavy atom. The van der Waals surface area contributed by atoms with Gasteiger partial charge >= 0.3 is 0 Å². The van der Waals surface area contributed by atoms with Gasteiger partial charge in [-0.05, 0) is 37.2 Å². The van der Waals surface area contributed by atoms with E-state index in [-0.39, 0.29) is 12.2 Å². The van der Waals surface area contributed by atoms with Gasteiger partial charge in [-0.1, -0.05) is 12.6 Å². The molecule has 144 valence electrons. The molecule has 0 bridgehead atoms. The number of aliphatic hydroxyl groups is 1. The van der Waals surface area contributed by atoms with E-state index in [9.17, 15) is 5.11 Å². The molecule has 2 radical (unpaired) electrons. The van der Waals surface area contributed by atoms with Crippen molar-refractivity contribution in [1.82, 2.24) is 5.32 Å². The molecule has 6 nitrogen and oxygen atoms in total. The number of nitrogens with one attached hydrogen (secondary N) is 1. The van der Waals surface area contributed by atoms with E-state index in [4.69, 9.17) is 14.2 Å². The summed E-state index contributed by atoms with van der Waals surface area (Å²) in [6.07, 6.45) is 1.32. The number of hydrogen-bond donors (Lipinski definition) is 2. The van der Waals surface area contributed by atoms with Crippen molar-refractivity contribution in [1.29, 1.82) is 0 Å². The highest BCUT2D eigenvalue weighted by Crippen LogP contribution is 2.23. The monoisotopic (exact) mass is 378 g/mol. The summed E-state index contributed by atoms with van der Waals surface area (Å²) in [4.78, 5) is 2.20. The third kappa shape index (κ3) is 7.24. The molecule has 2 N–H and O–H groups in total. The predicted molar refractivity (Wildman–Crippen MR) is 104 cm³/mol. The predicted octanol–water partition coefficient (Wildman–Crippen LogP) is 1.18. The topological polar surface area (TPSA) is 69.8 Å². The number of epoxide rings is 2. The van der Waals surface area contributed by atoms with Crippen molar-refractivity contribution in [2.45, 2.75) is 37.3 Å². The maximum Gasteiger partial charge on any atom is 0.119 e. The van der Waals surface area contributed by atoms with Crippen LogP contribution in [0.4, 0.5) is 5.69 Å². The third-order valence-corrected chi connectivity index (χ3v) is 5.31. The van der Waals surface area contributed by atoms with Crippen molar-refractivity contribution in [3.63, 3.8) is 0 Å². The van der Waals surface area contributed by atoms with E-state index in [1.807, 2.05) is 24.3 Å². The lowest BCUT2D eigenvalue weighted by atomic mass is 10.2. The molecule has 1 aromatic carbocycles. The van der Waals surface area contributed by atoms with Crippen molar-refractivity contribution in [2.75, 3.05) is 50.9 Å². The van der Waals surface area contributed by atoms with Crippen molar-refractivity contribution >= 4 is 15.2 Å². The minimum Gasteiger partial charge on any atom is -0.491 e. The normalized spacial score (nSPS) is 22.1. The molecule has 2 fully saturated rings. The van der Waals surface area contributed by atoms with Gasteiger partial charge in [-0.15, -0.1) is 0 Å². The minimum atomic E-state index is -0.402. The van der Waals surface area contributed by atoms with Gasteiger partial charge in [-0.25, -0.2) is 0 Å². The van der Waals surface area contributed by atoms with Crippen LogP contribution in [-0.2, 0) is 9.47 Å². The summed E-state index contributed by atoms with van der Waals surface area (Å²) in [5, 5.41) is 13.7. The molecule has 0 amide bonds. The third-order valence-electron chi connectivity index (χ3n) is 4.46. The Bertz CT molecular complexity index is 523. The summed E-state index contributed by atoms with van der Waals surface area (Å²) < 4.78 is 16.2. The van der Waals surface area contributed by atoms with E-state index in [1.165, 1.54) is 12.5 Å². The Labute approximate surface area is 158 Å². The molecule has 0 aliphatic carbocycles. The molecule has 2 heterocycles. The van der Waals surface area contributed by atoms with Crippen LogP contribution in [0.1, 0.15) is 6.42 Å². The molecule has 2 aliphatic heterocycles. The van der Waals surface area contributed by atoms with Crippen LogP contribution in [0.3, 0.4) is 0 Å². The van der Waals surface area contributed by atoms with Gasteiger partial charge in [0.1, 0.15) is 18.5 Å². The fraction of sp³-hybridized carbons (Fsp3) is 0.684. The van der Waals surface area contributed by atoms with Crippen LogP contribution >= 0.6 is 0 Å². The SMILES string of the molecule is C[Si]CCCNCC(O)CN(CC1CO1)c1ccc(OCC2CO2)cc1. The Hall–Kier alpha value is -1.12. The Morgan fingerprint density at radius 3 is 2.65 bits per heavy atom. The zero-order valence-electron chi connectivity index (χ0n) is 15.5.